The molecule has 9 aliphatic rings. The van der Waals surface area contributed by atoms with Crippen LogP contribution >= 0.6 is 54.3 Å². The van der Waals surface area contributed by atoms with Crippen molar-refractivity contribution in [1.82, 2.24) is 42.5 Å². The van der Waals surface area contributed by atoms with Crippen molar-refractivity contribution in [2.24, 2.45) is 47.3 Å². The third-order valence-corrected chi connectivity index (χ3v) is 23.8. The van der Waals surface area contributed by atoms with Crippen molar-refractivity contribution >= 4 is 90.5 Å². The van der Waals surface area contributed by atoms with E-state index in [1.54, 1.807) is 0 Å². The molecule has 5 saturated heterocycles. The first-order valence-corrected chi connectivity index (χ1v) is 30.1. The van der Waals surface area contributed by atoms with Gasteiger partial charge in [-0.3, -0.25) is 42.5 Å². The molecule has 8 bridgehead atoms. The second-order valence-electron chi connectivity index (χ2n) is 18.0. The van der Waals surface area contributed by atoms with Gasteiger partial charge >= 0.3 is 0 Å². The summed E-state index contributed by atoms with van der Waals surface area (Å²) in [5, 5.41) is 19.9. The Hall–Kier alpha value is 0.930. The molecule has 4 aliphatic carbocycles. The summed E-state index contributed by atoms with van der Waals surface area (Å²) in [5.41, 5.74) is 0. The van der Waals surface area contributed by atoms with Crippen molar-refractivity contribution in [2.45, 2.75) is 146 Å². The summed E-state index contributed by atoms with van der Waals surface area (Å²) in [6, 6.07) is 0. The summed E-state index contributed by atoms with van der Waals surface area (Å²) in [7, 11) is 3.70. The van der Waals surface area contributed by atoms with Gasteiger partial charge in [0.1, 0.15) is 21.0 Å². The zero-order valence-corrected chi connectivity index (χ0v) is 37.7. The Morgan fingerprint density at radius 3 is 0.912 bits per heavy atom. The zero-order valence-electron chi connectivity index (χ0n) is 30.7. The van der Waals surface area contributed by atoms with Crippen molar-refractivity contribution in [3.63, 3.8) is 0 Å². The van der Waals surface area contributed by atoms with Crippen LogP contribution in [0.2, 0.25) is 0 Å². The largest absolute Gasteiger partial charge is 0.286 e. The van der Waals surface area contributed by atoms with Gasteiger partial charge < -0.3 is 0 Å². The third kappa shape index (κ3) is 7.74. The summed E-state index contributed by atoms with van der Waals surface area (Å²) >= 11 is 7.14. The van der Waals surface area contributed by atoms with E-state index in [1.807, 2.05) is 0 Å². The molecule has 5 aliphatic heterocycles. The molecular formula is C32H51Cl5N8O8S4. The van der Waals surface area contributed by atoms with E-state index in [0.717, 1.165) is 70.6 Å². The number of rotatable bonds is 4. The first kappa shape index (κ1) is 43.2. The fourth-order valence-corrected chi connectivity index (χ4v) is 24.8. The highest BCUT2D eigenvalue weighted by molar-refractivity contribution is 8.20. The molecule has 9 fully saturated rings. The maximum atomic E-state index is 13.8. The minimum Gasteiger partial charge on any atom is -0.286 e. The molecule has 0 spiro atoms. The first-order valence-electron chi connectivity index (χ1n) is 20.2. The summed E-state index contributed by atoms with van der Waals surface area (Å²) < 4.78 is 109. The van der Waals surface area contributed by atoms with Gasteiger partial charge in [0, 0.05) is 65.9 Å². The van der Waals surface area contributed by atoms with E-state index in [1.165, 1.54) is 0 Å². The van der Waals surface area contributed by atoms with E-state index in [0.29, 0.717) is 11.8 Å². The number of hydrogen-bond acceptors (Lipinski definition) is 16. The maximum Gasteiger partial charge on any atom is 0.238 e. The first-order chi connectivity index (χ1) is 26.7. The third-order valence-electron chi connectivity index (χ3n) is 15.3. The van der Waals surface area contributed by atoms with Crippen LogP contribution in [0, 0.1) is 47.3 Å². The lowest BCUT2D eigenvalue weighted by Crippen LogP contribution is -2.68. The maximum absolute atomic E-state index is 13.8. The van der Waals surface area contributed by atoms with Crippen LogP contribution in [0.5, 0.6) is 0 Å². The molecule has 57 heavy (non-hydrogen) atoms. The number of nitrogens with one attached hydrogen (secondary N) is 8. The van der Waals surface area contributed by atoms with Crippen LogP contribution in [-0.4, -0.2) is 109 Å². The SMILES string of the molecule is O=S(=O)(Cl)C1C2C3NC4NC(NC5NC(NC6NC(NC(N3)C2C(S(=O)(=O)Cl)C(S(=O)(=O)Cl)C1S(=O)(=O)Cl)C1C(Cl)CCCC61)C1CCCCC51)C1CCCCC41. The smallest absolute Gasteiger partial charge is 0.238 e. The van der Waals surface area contributed by atoms with Crippen LogP contribution in [0.3, 0.4) is 0 Å². The highest BCUT2D eigenvalue weighted by atomic mass is 35.7. The topological polar surface area (TPSA) is 233 Å². The molecule has 0 amide bonds. The summed E-state index contributed by atoms with van der Waals surface area (Å²) in [6.45, 7) is 0. The van der Waals surface area contributed by atoms with Gasteiger partial charge in [0.2, 0.25) is 36.2 Å². The molecule has 16 nitrogen and oxygen atoms in total. The standard InChI is InChI=1S/C32H51Cl5N8O8S4/c33-17-11-5-10-16-18(17)30-43-29(16)41-27-13-7-2-1-6-12(13)25(39-27)38-26-14-8-3-4-9-15(14)28(40-26)42-31-19-20(32(44-30)45-31)22(55(35,48)49)24(57(37,52)53)23(56(36,50)51)21(19)54(34,46)47/h12-32,38-45H,1-11H2. The Morgan fingerprint density at radius 2 is 0.579 bits per heavy atom. The average molecular weight is 981 g/mol. The molecule has 21 atom stereocenters. The van der Waals surface area contributed by atoms with Crippen LogP contribution in [0.4, 0.5) is 0 Å². The van der Waals surface area contributed by atoms with Gasteiger partial charge in [-0.25, -0.2) is 33.7 Å². The molecule has 25 heteroatoms. The minimum absolute atomic E-state index is 0.00734. The summed E-state index contributed by atoms with van der Waals surface area (Å²) in [4.78, 5) is 0. The Balaban J connectivity index is 1.20. The Morgan fingerprint density at radius 1 is 0.316 bits per heavy atom. The Labute approximate surface area is 357 Å². The Kier molecular flexibility index (Phi) is 11.8. The fraction of sp³-hybridized carbons (Fsp3) is 1.00. The molecule has 0 aromatic heterocycles. The van der Waals surface area contributed by atoms with E-state index in [9.17, 15) is 33.7 Å². The van der Waals surface area contributed by atoms with Crippen LogP contribution in [0.1, 0.15) is 70.6 Å². The highest BCUT2D eigenvalue weighted by Gasteiger charge is 2.71. The number of alkyl halides is 1. The van der Waals surface area contributed by atoms with Crippen molar-refractivity contribution in [3.8, 4) is 0 Å². The van der Waals surface area contributed by atoms with Gasteiger partial charge in [-0.05, 0) is 68.1 Å². The van der Waals surface area contributed by atoms with E-state index in [2.05, 4.69) is 42.5 Å². The summed E-state index contributed by atoms with van der Waals surface area (Å²) in [6.07, 6.45) is 7.04. The number of hydrogen-bond donors (Lipinski definition) is 8. The van der Waals surface area contributed by atoms with Gasteiger partial charge in [0.15, 0.2) is 0 Å². The molecule has 8 N–H and O–H groups in total. The van der Waals surface area contributed by atoms with Crippen molar-refractivity contribution in [3.05, 3.63) is 0 Å². The predicted octanol–water partition coefficient (Wildman–Crippen LogP) is 1.01. The molecular weight excluding hydrogens is 930 g/mol. The lowest BCUT2D eigenvalue weighted by Gasteiger charge is -2.47. The second kappa shape index (κ2) is 15.6. The number of halogens is 5. The molecule has 0 aromatic rings. The lowest BCUT2D eigenvalue weighted by molar-refractivity contribution is 0.171. The second-order valence-corrected chi connectivity index (χ2v) is 29.7. The Bertz CT molecular complexity index is 2030. The van der Waals surface area contributed by atoms with Gasteiger partial charge in [-0.1, -0.05) is 32.1 Å². The molecule has 5 heterocycles. The van der Waals surface area contributed by atoms with Gasteiger partial charge in [-0.2, -0.15) is 0 Å². The normalized spacial score (nSPS) is 51.7. The molecule has 0 radical (unpaired) electrons. The van der Waals surface area contributed by atoms with Gasteiger partial charge in [0.25, 0.3) is 0 Å². The molecule has 4 saturated carbocycles. The van der Waals surface area contributed by atoms with Gasteiger partial charge in [0.05, 0.1) is 49.3 Å². The minimum atomic E-state index is -5.22. The highest BCUT2D eigenvalue weighted by Crippen LogP contribution is 2.52. The quantitative estimate of drug-likeness (QED) is 0.145. The van der Waals surface area contributed by atoms with Gasteiger partial charge in [-0.15, -0.1) is 11.6 Å². The molecule has 0 aromatic carbocycles. The predicted molar refractivity (Wildman–Crippen MR) is 218 cm³/mol. The molecule has 21 unspecified atom stereocenters. The van der Waals surface area contributed by atoms with Crippen LogP contribution in [0.15, 0.2) is 0 Å². The van der Waals surface area contributed by atoms with Crippen LogP contribution in [-0.2, 0) is 36.2 Å². The molecule has 9 rings (SSSR count). The monoisotopic (exact) mass is 978 g/mol. The van der Waals surface area contributed by atoms with Crippen molar-refractivity contribution < 1.29 is 33.7 Å². The summed E-state index contributed by atoms with van der Waals surface area (Å²) in [5.74, 6) is -2.11. The van der Waals surface area contributed by atoms with E-state index < -0.39 is 93.7 Å². The van der Waals surface area contributed by atoms with Crippen molar-refractivity contribution in [1.29, 1.82) is 0 Å². The van der Waals surface area contributed by atoms with E-state index in [-0.39, 0.29) is 53.7 Å². The fourth-order valence-electron chi connectivity index (χ4n) is 13.3. The van der Waals surface area contributed by atoms with Crippen LogP contribution in [0.25, 0.3) is 0 Å². The number of fused-ring (bicyclic) bond motifs is 20. The van der Waals surface area contributed by atoms with E-state index >= 15 is 0 Å². The van der Waals surface area contributed by atoms with E-state index in [4.69, 9.17) is 54.3 Å². The average Bonchev–Trinajstić information content (AvgIpc) is 3.85. The lowest BCUT2D eigenvalue weighted by atomic mass is 9.75. The molecule has 326 valence electrons. The zero-order chi connectivity index (χ0) is 40.6. The van der Waals surface area contributed by atoms with Crippen LogP contribution < -0.4 is 42.5 Å². The van der Waals surface area contributed by atoms with Crippen molar-refractivity contribution in [2.75, 3.05) is 0 Å².